The van der Waals surface area contributed by atoms with Gasteiger partial charge in [-0.25, -0.2) is 4.79 Å². The number of methoxy groups -OCH3 is 1. The third-order valence-electron chi connectivity index (χ3n) is 2.34. The van der Waals surface area contributed by atoms with E-state index in [0.717, 1.165) is 14.6 Å². The Bertz CT molecular complexity index is 654. The number of hydrogen-bond acceptors (Lipinski definition) is 5. The highest BCUT2D eigenvalue weighted by Crippen LogP contribution is 2.39. The molecule has 1 atom stereocenters. The van der Waals surface area contributed by atoms with Crippen molar-refractivity contribution in [1.29, 1.82) is 0 Å². The van der Waals surface area contributed by atoms with Gasteiger partial charge in [-0.3, -0.25) is 4.99 Å². The summed E-state index contributed by atoms with van der Waals surface area (Å²) in [5.74, 6) is -0.424. The van der Waals surface area contributed by atoms with Gasteiger partial charge >= 0.3 is 5.97 Å². The number of ether oxygens (including phenoxy) is 1. The van der Waals surface area contributed by atoms with Gasteiger partial charge in [0, 0.05) is 20.8 Å². The Kier molecular flexibility index (Phi) is 4.57. The fourth-order valence-electron chi connectivity index (χ4n) is 1.56. The van der Waals surface area contributed by atoms with Crippen LogP contribution in [0.25, 0.3) is 10.1 Å². The Morgan fingerprint density at radius 3 is 3.00 bits per heavy atom. The normalized spacial score (nSPS) is 13.1. The topological polar surface area (TPSA) is 64.7 Å². The van der Waals surface area contributed by atoms with Crippen LogP contribution in [0.15, 0.2) is 27.7 Å². The van der Waals surface area contributed by atoms with E-state index in [1.165, 1.54) is 24.7 Å². The van der Waals surface area contributed by atoms with Gasteiger partial charge in [-0.15, -0.1) is 11.3 Å². The van der Waals surface area contributed by atoms with Gasteiger partial charge in [-0.1, -0.05) is 27.5 Å². The molecule has 1 aromatic carbocycles. The standard InChI is InChI=1S/C12H10BrClN2O2S/c1-18-12(17)11-10(16-5-9(14)15)7-4-6(13)2-3-8(7)19-11/h2-5,9H,15H2,1H3. The lowest BCUT2D eigenvalue weighted by Gasteiger charge is -1.99. The van der Waals surface area contributed by atoms with Crippen molar-refractivity contribution in [2.24, 2.45) is 10.7 Å². The number of thiophene rings is 1. The summed E-state index contributed by atoms with van der Waals surface area (Å²) in [6, 6.07) is 5.71. The molecule has 0 bridgehead atoms. The van der Waals surface area contributed by atoms with Crippen LogP contribution in [-0.4, -0.2) is 24.8 Å². The minimum atomic E-state index is -0.701. The second-order valence-electron chi connectivity index (χ2n) is 3.63. The van der Waals surface area contributed by atoms with Crippen LogP contribution in [0.5, 0.6) is 0 Å². The summed E-state index contributed by atoms with van der Waals surface area (Å²) in [5, 5.41) is 0.855. The molecule has 2 rings (SSSR count). The van der Waals surface area contributed by atoms with E-state index >= 15 is 0 Å². The molecule has 100 valence electrons. The Morgan fingerprint density at radius 1 is 1.63 bits per heavy atom. The third kappa shape index (κ3) is 3.14. The number of fused-ring (bicyclic) bond motifs is 1. The predicted octanol–water partition coefficient (Wildman–Crippen LogP) is 3.68. The molecule has 4 nitrogen and oxygen atoms in total. The predicted molar refractivity (Wildman–Crippen MR) is 82.8 cm³/mol. The number of nitrogens with zero attached hydrogens (tertiary/aromatic N) is 1. The average molecular weight is 362 g/mol. The number of rotatable bonds is 3. The summed E-state index contributed by atoms with van der Waals surface area (Å²) < 4.78 is 6.61. The molecule has 1 unspecified atom stereocenters. The first kappa shape index (κ1) is 14.5. The van der Waals surface area contributed by atoms with Crippen LogP contribution in [0.3, 0.4) is 0 Å². The summed E-state index contributed by atoms with van der Waals surface area (Å²) in [6.45, 7) is 0. The van der Waals surface area contributed by atoms with E-state index < -0.39 is 11.5 Å². The number of esters is 1. The summed E-state index contributed by atoms with van der Waals surface area (Å²) in [5.41, 5.74) is 5.27. The maximum absolute atomic E-state index is 11.8. The number of halogens is 2. The minimum absolute atomic E-state index is 0.424. The van der Waals surface area contributed by atoms with Crippen LogP contribution < -0.4 is 5.73 Å². The van der Waals surface area contributed by atoms with Crippen molar-refractivity contribution in [2.75, 3.05) is 7.11 Å². The van der Waals surface area contributed by atoms with Gasteiger partial charge in [0.25, 0.3) is 0 Å². The molecule has 0 aliphatic heterocycles. The van der Waals surface area contributed by atoms with Crippen LogP contribution in [-0.2, 0) is 4.74 Å². The zero-order valence-corrected chi connectivity index (χ0v) is 13.1. The molecule has 0 amide bonds. The van der Waals surface area contributed by atoms with E-state index in [2.05, 4.69) is 20.9 Å². The van der Waals surface area contributed by atoms with Crippen LogP contribution >= 0.6 is 38.9 Å². The molecular weight excluding hydrogens is 352 g/mol. The molecule has 0 spiro atoms. The Labute approximate surface area is 127 Å². The van der Waals surface area contributed by atoms with E-state index in [9.17, 15) is 4.79 Å². The van der Waals surface area contributed by atoms with Crippen LogP contribution in [0.2, 0.25) is 0 Å². The van der Waals surface area contributed by atoms with Crippen molar-refractivity contribution in [3.63, 3.8) is 0 Å². The van der Waals surface area contributed by atoms with Gasteiger partial charge in [0.05, 0.1) is 12.8 Å². The van der Waals surface area contributed by atoms with Crippen molar-refractivity contribution < 1.29 is 9.53 Å². The number of carbonyl (C=O) groups is 1. The molecule has 1 heterocycles. The lowest BCUT2D eigenvalue weighted by Crippen LogP contribution is -2.12. The Hall–Kier alpha value is -0.950. The highest BCUT2D eigenvalue weighted by Gasteiger charge is 2.18. The van der Waals surface area contributed by atoms with Gasteiger partial charge in [-0.05, 0) is 18.2 Å². The number of carbonyl (C=O) groups excluding carboxylic acids is 1. The number of alkyl halides is 1. The molecule has 0 aliphatic rings. The van der Waals surface area contributed by atoms with E-state index in [-0.39, 0.29) is 0 Å². The number of hydrogen-bond donors (Lipinski definition) is 1. The molecule has 0 fully saturated rings. The number of nitrogens with two attached hydrogens (primary N) is 1. The first-order valence-electron chi connectivity index (χ1n) is 5.27. The molecule has 0 saturated carbocycles. The molecular formula is C12H10BrClN2O2S. The summed E-state index contributed by atoms with van der Waals surface area (Å²) in [6.07, 6.45) is 1.39. The highest BCUT2D eigenvalue weighted by atomic mass is 79.9. The lowest BCUT2D eigenvalue weighted by atomic mass is 10.2. The maximum atomic E-state index is 11.8. The minimum Gasteiger partial charge on any atom is -0.465 e. The molecule has 1 aromatic heterocycles. The zero-order valence-electron chi connectivity index (χ0n) is 9.89. The quantitative estimate of drug-likeness (QED) is 0.392. The monoisotopic (exact) mass is 360 g/mol. The molecule has 2 aromatic rings. The molecule has 7 heteroatoms. The second kappa shape index (κ2) is 6.00. The molecule has 0 radical (unpaired) electrons. The smallest absolute Gasteiger partial charge is 0.350 e. The molecule has 0 aliphatic carbocycles. The van der Waals surface area contributed by atoms with E-state index in [1.54, 1.807) is 0 Å². The van der Waals surface area contributed by atoms with Crippen molar-refractivity contribution in [2.45, 2.75) is 5.50 Å². The Morgan fingerprint density at radius 2 is 2.37 bits per heavy atom. The van der Waals surface area contributed by atoms with Crippen LogP contribution in [0, 0.1) is 0 Å². The summed E-state index contributed by atoms with van der Waals surface area (Å²) >= 11 is 10.4. The lowest BCUT2D eigenvalue weighted by molar-refractivity contribution is 0.0607. The SMILES string of the molecule is COC(=O)c1sc2ccc(Br)cc2c1N=CC(N)Cl. The molecule has 19 heavy (non-hydrogen) atoms. The highest BCUT2D eigenvalue weighted by molar-refractivity contribution is 9.10. The van der Waals surface area contributed by atoms with Crippen LogP contribution in [0.1, 0.15) is 9.67 Å². The third-order valence-corrected chi connectivity index (χ3v) is 4.09. The number of aliphatic imine (C=N–C) groups is 1. The van der Waals surface area contributed by atoms with E-state index in [4.69, 9.17) is 22.1 Å². The van der Waals surface area contributed by atoms with Gasteiger partial charge in [0.15, 0.2) is 0 Å². The van der Waals surface area contributed by atoms with Crippen molar-refractivity contribution in [3.8, 4) is 0 Å². The van der Waals surface area contributed by atoms with Gasteiger partial charge in [-0.2, -0.15) is 0 Å². The molecule has 2 N–H and O–H groups in total. The fraction of sp³-hybridized carbons (Fsp3) is 0.167. The average Bonchev–Trinajstić information content (AvgIpc) is 2.73. The van der Waals surface area contributed by atoms with Gasteiger partial charge < -0.3 is 10.5 Å². The fourth-order valence-corrected chi connectivity index (χ4v) is 3.03. The number of benzene rings is 1. The summed E-state index contributed by atoms with van der Waals surface area (Å²) in [4.78, 5) is 16.4. The first-order valence-corrected chi connectivity index (χ1v) is 7.31. The van der Waals surface area contributed by atoms with Gasteiger partial charge in [0.2, 0.25) is 0 Å². The summed E-state index contributed by atoms with van der Waals surface area (Å²) in [7, 11) is 1.34. The first-order chi connectivity index (χ1) is 9.02. The van der Waals surface area contributed by atoms with E-state index in [0.29, 0.717) is 10.6 Å². The largest absolute Gasteiger partial charge is 0.465 e. The second-order valence-corrected chi connectivity index (χ2v) is 6.11. The van der Waals surface area contributed by atoms with Crippen molar-refractivity contribution >= 4 is 66.8 Å². The van der Waals surface area contributed by atoms with Crippen molar-refractivity contribution in [3.05, 3.63) is 27.5 Å². The van der Waals surface area contributed by atoms with Gasteiger partial charge in [0.1, 0.15) is 10.4 Å². The zero-order chi connectivity index (χ0) is 14.0. The van der Waals surface area contributed by atoms with E-state index in [1.807, 2.05) is 18.2 Å². The molecule has 0 saturated heterocycles. The van der Waals surface area contributed by atoms with Crippen molar-refractivity contribution in [1.82, 2.24) is 0 Å². The Balaban J connectivity index is 2.66. The maximum Gasteiger partial charge on any atom is 0.350 e. The van der Waals surface area contributed by atoms with Crippen LogP contribution in [0.4, 0.5) is 5.69 Å².